The number of hydrogen-bond acceptors (Lipinski definition) is 1. The van der Waals surface area contributed by atoms with Gasteiger partial charge in [0.15, 0.2) is 0 Å². The minimum atomic E-state index is 0. The number of halogens is 3. The molecule has 0 aromatic rings. The summed E-state index contributed by atoms with van der Waals surface area (Å²) in [5, 5.41) is 0. The van der Waals surface area contributed by atoms with E-state index in [1.165, 1.54) is 11.3 Å². The average molecular weight is 277 g/mol. The first-order valence-electron chi connectivity index (χ1n) is 3.53. The Hall–Kier alpha value is 1.02. The molecule has 1 nitrogen and oxygen atoms in total. The molecule has 0 aliphatic heterocycles. The molecule has 0 saturated heterocycles. The van der Waals surface area contributed by atoms with E-state index >= 15 is 0 Å². The zero-order valence-electron chi connectivity index (χ0n) is 7.73. The molecule has 75 valence electrons. The van der Waals surface area contributed by atoms with Gasteiger partial charge in [-0.3, -0.25) is 0 Å². The van der Waals surface area contributed by atoms with Gasteiger partial charge in [-0.2, -0.15) is 0 Å². The average Bonchev–Trinajstić information content (AvgIpc) is 2.34. The first kappa shape index (κ1) is 19.6. The van der Waals surface area contributed by atoms with Gasteiger partial charge < -0.3 is 37.2 Å². The van der Waals surface area contributed by atoms with E-state index in [1.807, 2.05) is 0 Å². The van der Waals surface area contributed by atoms with E-state index in [1.54, 1.807) is 3.88 Å². The predicted octanol–water partition coefficient (Wildman–Crippen LogP) is -7.56. The summed E-state index contributed by atoms with van der Waals surface area (Å²) in [6.07, 6.45) is 7.93. The van der Waals surface area contributed by atoms with Gasteiger partial charge in [0.25, 0.3) is 0 Å². The van der Waals surface area contributed by atoms with Gasteiger partial charge in [0.05, 0.1) is 0 Å². The van der Waals surface area contributed by atoms with Crippen molar-refractivity contribution in [1.82, 2.24) is 4.90 Å². The van der Waals surface area contributed by atoms with Gasteiger partial charge in [0.2, 0.25) is 0 Å². The predicted molar refractivity (Wildman–Crippen MR) is 40.4 cm³/mol. The maximum atomic E-state index is 2.28. The molecule has 0 atom stereocenters. The summed E-state index contributed by atoms with van der Waals surface area (Å²) in [6.45, 7) is 0. The Morgan fingerprint density at radius 3 is 2.31 bits per heavy atom. The van der Waals surface area contributed by atoms with Gasteiger partial charge in [-0.05, 0) is 0 Å². The molecule has 1 rings (SSSR count). The van der Waals surface area contributed by atoms with Crippen molar-refractivity contribution in [2.45, 2.75) is 6.42 Å². The van der Waals surface area contributed by atoms with Crippen LogP contribution in [-0.4, -0.2) is 23.8 Å². The number of hydrogen-bond donors (Lipinski definition) is 0. The summed E-state index contributed by atoms with van der Waals surface area (Å²) in [5.41, 5.74) is 0. The maximum Gasteiger partial charge on any atom is -1.00 e. The van der Waals surface area contributed by atoms with Crippen molar-refractivity contribution in [3.05, 3.63) is 22.1 Å². The maximum absolute atomic E-state index is 2.28. The first-order valence-corrected chi connectivity index (χ1v) is 5.42. The Morgan fingerprint density at radius 1 is 1.31 bits per heavy atom. The van der Waals surface area contributed by atoms with Crippen LogP contribution in [-0.2, 0) is 19.2 Å². The third-order valence-electron chi connectivity index (χ3n) is 1.39. The molecule has 5 heteroatoms. The van der Waals surface area contributed by atoms with Crippen molar-refractivity contribution in [3.63, 3.8) is 0 Å². The monoisotopic (exact) mass is 276 g/mol. The van der Waals surface area contributed by atoms with Gasteiger partial charge >= 0.3 is 71.5 Å². The van der Waals surface area contributed by atoms with Crippen LogP contribution in [0.2, 0.25) is 0 Å². The van der Waals surface area contributed by atoms with Crippen LogP contribution in [0.3, 0.4) is 0 Å². The van der Waals surface area contributed by atoms with Crippen molar-refractivity contribution in [1.29, 1.82) is 0 Å². The van der Waals surface area contributed by atoms with E-state index in [4.69, 9.17) is 0 Å². The molecule has 0 aromatic carbocycles. The molecular formula is C8H13Cl3NTi. The van der Waals surface area contributed by atoms with Gasteiger partial charge in [-0.1, -0.05) is 0 Å². The molecule has 13 heavy (non-hydrogen) atoms. The Balaban J connectivity index is -0.000000333. The smallest absolute Gasteiger partial charge is 1.00 e. The summed E-state index contributed by atoms with van der Waals surface area (Å²) >= 11 is 0.181. The Labute approximate surface area is 108 Å². The number of allylic oxidation sites excluding steroid dienone is 4. The van der Waals surface area contributed by atoms with Crippen molar-refractivity contribution in [3.8, 4) is 0 Å². The second kappa shape index (κ2) is 11.1. The second-order valence-corrected chi connectivity index (χ2v) is 4.79. The minimum absolute atomic E-state index is 0. The van der Waals surface area contributed by atoms with Crippen molar-refractivity contribution >= 4 is 0 Å². The molecule has 0 spiro atoms. The van der Waals surface area contributed by atoms with E-state index in [9.17, 15) is 0 Å². The van der Waals surface area contributed by atoms with Crippen molar-refractivity contribution in [2.24, 2.45) is 0 Å². The number of rotatable bonds is 3. The molecule has 0 heterocycles. The SMILES string of the molecule is CN(C)[CH2][Ti+3][C]1=CC=CC1.[Cl-].[Cl-].[Cl-]. The fourth-order valence-corrected chi connectivity index (χ4v) is 2.39. The quantitative estimate of drug-likeness (QED) is 0.463. The Kier molecular flexibility index (Phi) is 16.7. The second-order valence-electron chi connectivity index (χ2n) is 2.74. The molecule has 0 unspecified atom stereocenters. The fourth-order valence-electron chi connectivity index (χ4n) is 0.838. The van der Waals surface area contributed by atoms with E-state index in [0.717, 1.165) is 0 Å². The molecular weight excluding hydrogens is 264 g/mol. The van der Waals surface area contributed by atoms with Crippen LogP contribution in [0.1, 0.15) is 6.42 Å². The Bertz CT molecular complexity index is 169. The molecule has 1 aliphatic carbocycles. The van der Waals surface area contributed by atoms with Crippen LogP contribution in [0.15, 0.2) is 22.1 Å². The van der Waals surface area contributed by atoms with Gasteiger partial charge in [0, 0.05) is 0 Å². The number of nitrogens with zero attached hydrogens (tertiary/aromatic N) is 1. The van der Waals surface area contributed by atoms with Crippen LogP contribution in [0.25, 0.3) is 0 Å². The van der Waals surface area contributed by atoms with Crippen LogP contribution >= 0.6 is 0 Å². The summed E-state index contributed by atoms with van der Waals surface area (Å²) < 4.78 is 1.69. The Morgan fingerprint density at radius 2 is 1.92 bits per heavy atom. The van der Waals surface area contributed by atoms with Crippen LogP contribution in [0, 0.1) is 0 Å². The van der Waals surface area contributed by atoms with Crippen molar-refractivity contribution < 1.29 is 56.4 Å². The molecule has 0 aromatic heterocycles. The van der Waals surface area contributed by atoms with Gasteiger partial charge in [-0.25, -0.2) is 0 Å². The van der Waals surface area contributed by atoms with Gasteiger partial charge in [-0.15, -0.1) is 0 Å². The zero-order chi connectivity index (χ0) is 7.40. The van der Waals surface area contributed by atoms with Crippen LogP contribution in [0.5, 0.6) is 0 Å². The van der Waals surface area contributed by atoms with Crippen LogP contribution in [0.4, 0.5) is 0 Å². The normalized spacial score (nSPS) is 12.1. The van der Waals surface area contributed by atoms with E-state index in [-0.39, 0.29) is 56.4 Å². The molecule has 0 amide bonds. The molecule has 1 aliphatic rings. The van der Waals surface area contributed by atoms with Gasteiger partial charge in [0.1, 0.15) is 0 Å². The van der Waals surface area contributed by atoms with E-state index in [0.29, 0.717) is 0 Å². The molecule has 0 fully saturated rings. The fraction of sp³-hybridized carbons (Fsp3) is 0.500. The largest absolute Gasteiger partial charge is 1.00 e. The third-order valence-corrected chi connectivity index (χ3v) is 3.92. The minimum Gasteiger partial charge on any atom is -1.00 e. The zero-order valence-corrected chi connectivity index (χ0v) is 11.6. The summed E-state index contributed by atoms with van der Waals surface area (Å²) in [4.78, 5) is 3.58. The van der Waals surface area contributed by atoms with Crippen molar-refractivity contribution in [2.75, 3.05) is 18.9 Å². The van der Waals surface area contributed by atoms with E-state index in [2.05, 4.69) is 37.2 Å². The first-order chi connectivity index (χ1) is 4.79. The summed E-state index contributed by atoms with van der Waals surface area (Å²) in [7, 11) is 4.29. The standard InChI is InChI=1S/C5H5.C3H8N.3ClH.Ti/c1-2-4-5-3-1;1-4(2)3;;;;/h1-3H,4H2;1H2,2-3H3;3*1H;/q;;;;;+3/p-3. The topological polar surface area (TPSA) is 3.24 Å². The molecule has 0 bridgehead atoms. The van der Waals surface area contributed by atoms with Crippen LogP contribution < -0.4 is 37.2 Å². The molecule has 0 N–H and O–H groups in total. The summed E-state index contributed by atoms with van der Waals surface area (Å²) in [6, 6.07) is 0. The molecule has 0 radical (unpaired) electrons. The van der Waals surface area contributed by atoms with E-state index < -0.39 is 0 Å². The third kappa shape index (κ3) is 9.33. The summed E-state index contributed by atoms with van der Waals surface area (Å²) in [5.74, 6) is 0. The molecule has 0 saturated carbocycles.